The Morgan fingerprint density at radius 3 is 2.48 bits per heavy atom. The zero-order valence-corrected chi connectivity index (χ0v) is 16.0. The van der Waals surface area contributed by atoms with E-state index in [1.807, 2.05) is 0 Å². The molecule has 0 aromatic heterocycles. The van der Waals surface area contributed by atoms with Crippen LogP contribution in [0.5, 0.6) is 0 Å². The number of carbonyl (C=O) groups excluding carboxylic acids is 1. The molecule has 2 N–H and O–H groups in total. The number of halogens is 1. The summed E-state index contributed by atoms with van der Waals surface area (Å²) in [7, 11) is -3.77. The number of rotatable bonds is 4. The number of carbonyl (C=O) groups is 1. The summed E-state index contributed by atoms with van der Waals surface area (Å²) >= 11 is 5.88. The van der Waals surface area contributed by atoms with E-state index in [9.17, 15) is 13.2 Å². The Bertz CT molecular complexity index is 727. The average Bonchev–Trinajstić information content (AvgIpc) is 3.09. The third-order valence-electron chi connectivity index (χ3n) is 5.57. The number of sulfone groups is 1. The maximum atomic E-state index is 13.3. The molecule has 1 aromatic carbocycles. The van der Waals surface area contributed by atoms with Crippen molar-refractivity contribution in [3.63, 3.8) is 0 Å². The lowest BCUT2D eigenvalue weighted by atomic mass is 9.94. The van der Waals surface area contributed by atoms with E-state index in [4.69, 9.17) is 11.6 Å². The fourth-order valence-electron chi connectivity index (χ4n) is 3.93. The summed E-state index contributed by atoms with van der Waals surface area (Å²) in [5.74, 6) is -0.0481. The highest BCUT2D eigenvalue weighted by atomic mass is 35.5. The van der Waals surface area contributed by atoms with E-state index in [1.54, 1.807) is 12.1 Å². The van der Waals surface area contributed by atoms with E-state index in [0.29, 0.717) is 17.9 Å². The molecule has 2 aliphatic rings. The summed E-state index contributed by atoms with van der Waals surface area (Å²) < 4.78 is 25.3. The first-order valence-electron chi connectivity index (χ1n) is 8.89. The summed E-state index contributed by atoms with van der Waals surface area (Å²) in [6, 6.07) is 6.14. The third-order valence-corrected chi connectivity index (χ3v) is 8.33. The largest absolute Gasteiger partial charge is 0.352 e. The number of benzene rings is 1. The maximum Gasteiger partial charge on any atom is 0.242 e. The number of piperidine rings is 1. The molecular formula is C18H25ClN2O3S. The molecular weight excluding hydrogens is 360 g/mol. The average molecular weight is 385 g/mol. The Morgan fingerprint density at radius 2 is 1.88 bits per heavy atom. The molecule has 0 bridgehead atoms. The highest BCUT2D eigenvalue weighted by Gasteiger charge is 2.53. The van der Waals surface area contributed by atoms with Crippen LogP contribution in [-0.2, 0) is 14.6 Å². The molecule has 2 atom stereocenters. The van der Waals surface area contributed by atoms with Crippen molar-refractivity contribution in [2.45, 2.75) is 54.7 Å². The van der Waals surface area contributed by atoms with Gasteiger partial charge in [-0.25, -0.2) is 8.42 Å². The summed E-state index contributed by atoms with van der Waals surface area (Å²) in [6.45, 7) is 3.75. The van der Waals surface area contributed by atoms with Crippen LogP contribution in [0.4, 0.5) is 0 Å². The monoisotopic (exact) mass is 384 g/mol. The van der Waals surface area contributed by atoms with Crippen LogP contribution in [0.1, 0.15) is 39.0 Å². The van der Waals surface area contributed by atoms with Crippen LogP contribution in [0.3, 0.4) is 0 Å². The number of hydrogen-bond donors (Lipinski definition) is 2. The normalized spacial score (nSPS) is 26.3. The van der Waals surface area contributed by atoms with Crippen molar-refractivity contribution in [3.05, 3.63) is 29.3 Å². The highest BCUT2D eigenvalue weighted by Crippen LogP contribution is 2.41. The molecule has 1 aliphatic carbocycles. The molecule has 2 unspecified atom stereocenters. The minimum absolute atomic E-state index is 0.0200. The number of hydrogen-bond acceptors (Lipinski definition) is 4. The second kappa shape index (κ2) is 7.25. The second-order valence-electron chi connectivity index (χ2n) is 7.21. The number of nitrogens with one attached hydrogen (secondary N) is 2. The first-order chi connectivity index (χ1) is 11.9. The van der Waals surface area contributed by atoms with Crippen LogP contribution in [0.2, 0.25) is 5.02 Å². The molecule has 1 saturated heterocycles. The van der Waals surface area contributed by atoms with Gasteiger partial charge in [-0.3, -0.25) is 4.79 Å². The molecule has 3 rings (SSSR count). The topological polar surface area (TPSA) is 75.3 Å². The van der Waals surface area contributed by atoms with E-state index >= 15 is 0 Å². The zero-order valence-electron chi connectivity index (χ0n) is 14.4. The first kappa shape index (κ1) is 18.7. The molecule has 5 nitrogen and oxygen atoms in total. The van der Waals surface area contributed by atoms with Gasteiger partial charge in [0.15, 0.2) is 14.6 Å². The summed E-state index contributed by atoms with van der Waals surface area (Å²) in [6.07, 6.45) is 3.08. The Kier molecular flexibility index (Phi) is 5.42. The SMILES string of the molecule is CC1CNCCC1NC(=O)C1(S(=O)(=O)c2ccc(Cl)cc2)CCCC1. The second-order valence-corrected chi connectivity index (χ2v) is 9.90. The lowest BCUT2D eigenvalue weighted by Crippen LogP contribution is -2.56. The molecule has 0 radical (unpaired) electrons. The van der Waals surface area contributed by atoms with Gasteiger partial charge in [0.25, 0.3) is 0 Å². The van der Waals surface area contributed by atoms with Crippen LogP contribution < -0.4 is 10.6 Å². The van der Waals surface area contributed by atoms with Crippen LogP contribution in [0, 0.1) is 5.92 Å². The molecule has 2 fully saturated rings. The van der Waals surface area contributed by atoms with Gasteiger partial charge >= 0.3 is 0 Å². The lowest BCUT2D eigenvalue weighted by Gasteiger charge is -2.34. The van der Waals surface area contributed by atoms with Gasteiger partial charge in [-0.15, -0.1) is 0 Å². The van der Waals surface area contributed by atoms with Gasteiger partial charge in [0.2, 0.25) is 5.91 Å². The fraction of sp³-hybridized carbons (Fsp3) is 0.611. The number of amides is 1. The van der Waals surface area contributed by atoms with Gasteiger partial charge in [-0.1, -0.05) is 31.4 Å². The predicted molar refractivity (Wildman–Crippen MR) is 98.4 cm³/mol. The molecule has 0 spiro atoms. The van der Waals surface area contributed by atoms with Gasteiger partial charge in [0.1, 0.15) is 0 Å². The van der Waals surface area contributed by atoms with Gasteiger partial charge in [0.05, 0.1) is 4.90 Å². The van der Waals surface area contributed by atoms with Crippen molar-refractivity contribution >= 4 is 27.3 Å². The Balaban J connectivity index is 1.90. The smallest absolute Gasteiger partial charge is 0.242 e. The molecule has 138 valence electrons. The summed E-state index contributed by atoms with van der Waals surface area (Å²) in [5.41, 5.74) is 0. The molecule has 1 aliphatic heterocycles. The molecule has 25 heavy (non-hydrogen) atoms. The molecule has 1 heterocycles. The van der Waals surface area contributed by atoms with Crippen LogP contribution in [0.25, 0.3) is 0 Å². The van der Waals surface area contributed by atoms with Crippen LogP contribution >= 0.6 is 11.6 Å². The van der Waals surface area contributed by atoms with Crippen molar-refractivity contribution in [2.75, 3.05) is 13.1 Å². The molecule has 1 saturated carbocycles. The van der Waals surface area contributed by atoms with Crippen molar-refractivity contribution in [2.24, 2.45) is 5.92 Å². The van der Waals surface area contributed by atoms with Crippen LogP contribution in [0.15, 0.2) is 29.2 Å². The van der Waals surface area contributed by atoms with Gasteiger partial charge in [0, 0.05) is 11.1 Å². The fourth-order valence-corrected chi connectivity index (χ4v) is 6.13. The quantitative estimate of drug-likeness (QED) is 0.836. The highest BCUT2D eigenvalue weighted by molar-refractivity contribution is 7.93. The lowest BCUT2D eigenvalue weighted by molar-refractivity contribution is -0.124. The Morgan fingerprint density at radius 1 is 1.24 bits per heavy atom. The van der Waals surface area contributed by atoms with E-state index in [-0.39, 0.29) is 22.8 Å². The Labute approximate surface area is 154 Å². The Hall–Kier alpha value is -1.11. The molecule has 7 heteroatoms. The van der Waals surface area contributed by atoms with Gasteiger partial charge in [-0.2, -0.15) is 0 Å². The zero-order chi connectivity index (χ0) is 18.1. The minimum atomic E-state index is -3.77. The third kappa shape index (κ3) is 3.44. The summed E-state index contributed by atoms with van der Waals surface area (Å²) in [4.78, 5) is 13.3. The van der Waals surface area contributed by atoms with Crippen LogP contribution in [-0.4, -0.2) is 38.2 Å². The predicted octanol–water partition coefficient (Wildman–Crippen LogP) is 2.54. The van der Waals surface area contributed by atoms with Crippen molar-refractivity contribution in [3.8, 4) is 0 Å². The van der Waals surface area contributed by atoms with Gasteiger partial charge in [-0.05, 0) is 62.5 Å². The van der Waals surface area contributed by atoms with E-state index in [0.717, 1.165) is 32.4 Å². The van der Waals surface area contributed by atoms with Crippen molar-refractivity contribution < 1.29 is 13.2 Å². The summed E-state index contributed by atoms with van der Waals surface area (Å²) in [5, 5.41) is 6.83. The van der Waals surface area contributed by atoms with E-state index < -0.39 is 14.6 Å². The molecule has 1 aromatic rings. The standard InChI is InChI=1S/C18H25ClN2O3S/c1-13-12-20-11-8-16(13)21-17(22)18(9-2-3-10-18)25(23,24)15-6-4-14(19)5-7-15/h4-7,13,16,20H,2-3,8-12H2,1H3,(H,21,22). The van der Waals surface area contributed by atoms with Crippen molar-refractivity contribution in [1.29, 1.82) is 0 Å². The first-order valence-corrected chi connectivity index (χ1v) is 10.7. The van der Waals surface area contributed by atoms with Gasteiger partial charge < -0.3 is 10.6 Å². The van der Waals surface area contributed by atoms with E-state index in [2.05, 4.69) is 17.6 Å². The molecule has 1 amide bonds. The maximum absolute atomic E-state index is 13.3. The van der Waals surface area contributed by atoms with Crippen molar-refractivity contribution in [1.82, 2.24) is 10.6 Å². The minimum Gasteiger partial charge on any atom is -0.352 e. The van der Waals surface area contributed by atoms with E-state index in [1.165, 1.54) is 12.1 Å².